The van der Waals surface area contributed by atoms with Crippen LogP contribution in [0.1, 0.15) is 11.1 Å². The molecule has 0 aliphatic carbocycles. The molecule has 1 saturated heterocycles. The highest BCUT2D eigenvalue weighted by Crippen LogP contribution is 2.33. The first-order valence-electron chi connectivity index (χ1n) is 8.17. The van der Waals surface area contributed by atoms with Crippen molar-refractivity contribution in [3.05, 3.63) is 62.8 Å². The van der Waals surface area contributed by atoms with Crippen LogP contribution in [-0.2, 0) is 12.7 Å². The van der Waals surface area contributed by atoms with Crippen molar-refractivity contribution in [2.24, 2.45) is 0 Å². The average Bonchev–Trinajstić information content (AvgIpc) is 2.62. The zero-order valence-corrected chi connectivity index (χ0v) is 14.9. The number of alkyl halides is 3. The first-order valence-corrected chi connectivity index (χ1v) is 8.55. The Morgan fingerprint density at radius 1 is 1.19 bits per heavy atom. The quantitative estimate of drug-likeness (QED) is 0.573. The fraction of sp³-hybridized carbons (Fsp3) is 0.353. The highest BCUT2D eigenvalue weighted by atomic mass is 35.5. The Morgan fingerprint density at radius 2 is 1.89 bits per heavy atom. The summed E-state index contributed by atoms with van der Waals surface area (Å²) < 4.78 is 38.2. The Hall–Kier alpha value is -2.39. The number of hydrogen-bond donors (Lipinski definition) is 0. The lowest BCUT2D eigenvalue weighted by molar-refractivity contribution is -0.384. The molecular weight excluding hydrogens is 385 g/mol. The minimum Gasteiger partial charge on any atom is -0.353 e. The molecule has 0 atom stereocenters. The number of non-ortho nitro benzene ring substituents is 1. The number of piperazine rings is 1. The third kappa shape index (κ3) is 4.67. The zero-order valence-electron chi connectivity index (χ0n) is 14.1. The molecule has 0 N–H and O–H groups in total. The molecule has 2 heterocycles. The summed E-state index contributed by atoms with van der Waals surface area (Å²) in [5.74, 6) is 0.333. The Labute approximate surface area is 158 Å². The third-order valence-electron chi connectivity index (χ3n) is 4.35. The maximum atomic E-state index is 12.7. The van der Waals surface area contributed by atoms with Gasteiger partial charge in [-0.3, -0.25) is 15.0 Å². The van der Waals surface area contributed by atoms with Gasteiger partial charge in [-0.15, -0.1) is 0 Å². The van der Waals surface area contributed by atoms with Crippen molar-refractivity contribution in [1.82, 2.24) is 9.88 Å². The second-order valence-corrected chi connectivity index (χ2v) is 6.62. The van der Waals surface area contributed by atoms with E-state index in [0.29, 0.717) is 38.5 Å². The highest BCUT2D eigenvalue weighted by Gasteiger charge is 2.32. The number of nitrogens with zero attached hydrogens (tertiary/aromatic N) is 4. The third-order valence-corrected chi connectivity index (χ3v) is 4.63. The van der Waals surface area contributed by atoms with Gasteiger partial charge in [0.2, 0.25) is 0 Å². The lowest BCUT2D eigenvalue weighted by Gasteiger charge is -2.35. The van der Waals surface area contributed by atoms with Gasteiger partial charge in [0.25, 0.3) is 5.69 Å². The van der Waals surface area contributed by atoms with Crippen LogP contribution in [0.4, 0.5) is 24.7 Å². The summed E-state index contributed by atoms with van der Waals surface area (Å²) >= 11 is 6.00. The van der Waals surface area contributed by atoms with Crippen LogP contribution in [0.25, 0.3) is 0 Å². The van der Waals surface area contributed by atoms with E-state index in [4.69, 9.17) is 11.6 Å². The number of nitro benzene ring substituents is 1. The molecule has 2 aromatic rings. The number of rotatable bonds is 4. The normalized spacial score (nSPS) is 15.8. The SMILES string of the molecule is O=[N+]([O-])c1cccc(CN2CCN(c3ncc(C(F)(F)F)cc3Cl)CC2)c1. The Morgan fingerprint density at radius 3 is 2.48 bits per heavy atom. The van der Waals surface area contributed by atoms with E-state index >= 15 is 0 Å². The van der Waals surface area contributed by atoms with Crippen molar-refractivity contribution in [2.75, 3.05) is 31.1 Å². The summed E-state index contributed by atoms with van der Waals surface area (Å²) in [7, 11) is 0. The maximum Gasteiger partial charge on any atom is 0.417 e. The lowest BCUT2D eigenvalue weighted by Crippen LogP contribution is -2.46. The highest BCUT2D eigenvalue weighted by molar-refractivity contribution is 6.33. The Bertz CT molecular complexity index is 839. The smallest absolute Gasteiger partial charge is 0.353 e. The molecule has 0 amide bonds. The molecule has 1 aliphatic rings. The minimum atomic E-state index is -4.48. The largest absolute Gasteiger partial charge is 0.417 e. The van der Waals surface area contributed by atoms with Crippen molar-refractivity contribution in [1.29, 1.82) is 0 Å². The van der Waals surface area contributed by atoms with E-state index in [-0.39, 0.29) is 10.7 Å². The number of halogens is 4. The van der Waals surface area contributed by atoms with Crippen LogP contribution in [0.15, 0.2) is 36.5 Å². The van der Waals surface area contributed by atoms with Gasteiger partial charge in [0.05, 0.1) is 15.5 Å². The van der Waals surface area contributed by atoms with Crippen LogP contribution in [-0.4, -0.2) is 41.0 Å². The zero-order chi connectivity index (χ0) is 19.6. The maximum absolute atomic E-state index is 12.7. The Kier molecular flexibility index (Phi) is 5.52. The number of anilines is 1. The summed E-state index contributed by atoms with van der Waals surface area (Å²) in [6.07, 6.45) is -3.69. The van der Waals surface area contributed by atoms with Gasteiger partial charge in [0.15, 0.2) is 0 Å². The molecule has 0 bridgehead atoms. The molecule has 1 aromatic carbocycles. The molecule has 1 fully saturated rings. The van der Waals surface area contributed by atoms with E-state index in [1.165, 1.54) is 6.07 Å². The van der Waals surface area contributed by atoms with Crippen molar-refractivity contribution in [3.63, 3.8) is 0 Å². The molecule has 0 radical (unpaired) electrons. The summed E-state index contributed by atoms with van der Waals surface area (Å²) in [5.41, 5.74) is 0.00997. The van der Waals surface area contributed by atoms with E-state index in [1.807, 2.05) is 11.0 Å². The molecule has 0 saturated carbocycles. The van der Waals surface area contributed by atoms with E-state index in [9.17, 15) is 23.3 Å². The number of benzene rings is 1. The number of pyridine rings is 1. The monoisotopic (exact) mass is 400 g/mol. The van der Waals surface area contributed by atoms with Crippen LogP contribution in [0.5, 0.6) is 0 Å². The predicted molar refractivity (Wildman–Crippen MR) is 94.8 cm³/mol. The van der Waals surface area contributed by atoms with E-state index in [2.05, 4.69) is 9.88 Å². The summed E-state index contributed by atoms with van der Waals surface area (Å²) in [5, 5.41) is 10.8. The van der Waals surface area contributed by atoms with E-state index < -0.39 is 16.7 Å². The van der Waals surface area contributed by atoms with Crippen LogP contribution < -0.4 is 4.90 Å². The Balaban J connectivity index is 1.62. The molecule has 1 aliphatic heterocycles. The van der Waals surface area contributed by atoms with Crippen molar-refractivity contribution >= 4 is 23.1 Å². The van der Waals surface area contributed by atoms with Crippen LogP contribution in [0.2, 0.25) is 5.02 Å². The van der Waals surface area contributed by atoms with Gasteiger partial charge in [-0.1, -0.05) is 23.7 Å². The first-order chi connectivity index (χ1) is 12.7. The molecule has 0 spiro atoms. The predicted octanol–water partition coefficient (Wildman–Crippen LogP) is 3.98. The molecule has 27 heavy (non-hydrogen) atoms. The van der Waals surface area contributed by atoms with E-state index in [0.717, 1.165) is 17.8 Å². The summed E-state index contributed by atoms with van der Waals surface area (Å²) in [6, 6.07) is 7.35. The standard InChI is InChI=1S/C17H16ClF3N4O2/c18-15-9-13(17(19,20)21)10-22-16(15)24-6-4-23(5-7-24)11-12-2-1-3-14(8-12)25(26)27/h1-3,8-10H,4-7,11H2. The molecule has 0 unspecified atom stereocenters. The fourth-order valence-electron chi connectivity index (χ4n) is 2.96. The topological polar surface area (TPSA) is 62.5 Å². The van der Waals surface area contributed by atoms with Gasteiger partial charge in [-0.25, -0.2) is 4.98 Å². The fourth-order valence-corrected chi connectivity index (χ4v) is 3.25. The first kappa shape index (κ1) is 19.4. The van der Waals surface area contributed by atoms with Crippen LogP contribution in [0.3, 0.4) is 0 Å². The molecule has 3 rings (SSSR count). The van der Waals surface area contributed by atoms with Gasteiger partial charge in [0, 0.05) is 51.1 Å². The number of nitro groups is 1. The second kappa shape index (κ2) is 7.69. The molecule has 144 valence electrons. The summed E-state index contributed by atoms with van der Waals surface area (Å²) in [6.45, 7) is 2.94. The van der Waals surface area contributed by atoms with Gasteiger partial charge in [-0.2, -0.15) is 13.2 Å². The van der Waals surface area contributed by atoms with Gasteiger partial charge in [0.1, 0.15) is 5.82 Å². The van der Waals surface area contributed by atoms with Gasteiger partial charge in [-0.05, 0) is 11.6 Å². The molecule has 1 aromatic heterocycles. The van der Waals surface area contributed by atoms with E-state index in [1.54, 1.807) is 12.1 Å². The second-order valence-electron chi connectivity index (χ2n) is 6.22. The molecule has 10 heteroatoms. The van der Waals surface area contributed by atoms with Crippen LogP contribution in [0, 0.1) is 10.1 Å². The van der Waals surface area contributed by atoms with Gasteiger partial charge >= 0.3 is 6.18 Å². The van der Waals surface area contributed by atoms with Crippen LogP contribution >= 0.6 is 11.6 Å². The molecular formula is C17H16ClF3N4O2. The number of hydrogen-bond acceptors (Lipinski definition) is 5. The van der Waals surface area contributed by atoms with Crippen molar-refractivity contribution in [3.8, 4) is 0 Å². The van der Waals surface area contributed by atoms with Crippen molar-refractivity contribution < 1.29 is 18.1 Å². The average molecular weight is 401 g/mol. The minimum absolute atomic E-state index is 0.0306. The molecule has 6 nitrogen and oxygen atoms in total. The lowest BCUT2D eigenvalue weighted by atomic mass is 10.1. The van der Waals surface area contributed by atoms with Crippen molar-refractivity contribution in [2.45, 2.75) is 12.7 Å². The number of aromatic nitrogens is 1. The summed E-state index contributed by atoms with van der Waals surface area (Å²) in [4.78, 5) is 18.3. The van der Waals surface area contributed by atoms with Gasteiger partial charge < -0.3 is 4.90 Å².